The molecule has 0 aromatic rings. The van der Waals surface area contributed by atoms with Crippen LogP contribution in [0.1, 0.15) is 25.7 Å². The number of carbonyl (C=O) groups is 4. The van der Waals surface area contributed by atoms with E-state index >= 15 is 0 Å². The summed E-state index contributed by atoms with van der Waals surface area (Å²) in [5.74, 6) is -0.676. The van der Waals surface area contributed by atoms with E-state index in [-0.39, 0.29) is 36.8 Å². The van der Waals surface area contributed by atoms with Gasteiger partial charge < -0.3 is 25.3 Å². The van der Waals surface area contributed by atoms with E-state index in [0.29, 0.717) is 38.8 Å². The number of amides is 4. The molecular weight excluding hydrogens is 326 g/mol. The summed E-state index contributed by atoms with van der Waals surface area (Å²) in [7, 11) is 0. The van der Waals surface area contributed by atoms with Gasteiger partial charge in [-0.25, -0.2) is 0 Å². The molecule has 20 heavy (non-hydrogen) atoms. The Balaban J connectivity index is 0. The van der Waals surface area contributed by atoms with Crippen molar-refractivity contribution in [2.45, 2.75) is 25.7 Å². The average molecular weight is 340 g/mol. The quantitative estimate of drug-likeness (QED) is 0.431. The molecule has 2 rings (SSSR count). The predicted molar refractivity (Wildman–Crippen MR) is 56.3 cm³/mol. The topological polar surface area (TPSA) is 152 Å². The second kappa shape index (κ2) is 9.38. The molecule has 0 atom stereocenters. The smallest absolute Gasteiger partial charge is 0.530 e. The van der Waals surface area contributed by atoms with Gasteiger partial charge in [-0.3, -0.25) is 19.4 Å². The zero-order chi connectivity index (χ0) is 13.7. The van der Waals surface area contributed by atoms with Crippen LogP contribution in [0.3, 0.4) is 0 Å². The molecule has 2 fully saturated rings. The fraction of sp³-hybridized carbons (Fsp3) is 0.600. The monoisotopic (exact) mass is 338 g/mol. The van der Waals surface area contributed by atoms with Crippen molar-refractivity contribution in [1.82, 2.24) is 9.80 Å². The molecule has 0 bridgehead atoms. The Kier molecular flexibility index (Phi) is 9.74. The largest absolute Gasteiger partial charge is 2.00 e. The van der Waals surface area contributed by atoms with Gasteiger partial charge in [0.05, 0.1) is 0 Å². The van der Waals surface area contributed by atoms with Gasteiger partial charge in [0, 0.05) is 25.9 Å². The van der Waals surface area contributed by atoms with Gasteiger partial charge in [0.15, 0.2) is 0 Å². The minimum absolute atomic E-state index is 0. The van der Waals surface area contributed by atoms with Crippen molar-refractivity contribution >= 4 is 24.0 Å². The van der Waals surface area contributed by atoms with Crippen LogP contribution in [0, 0.1) is 0 Å². The third kappa shape index (κ3) is 5.62. The summed E-state index contributed by atoms with van der Waals surface area (Å²) in [4.78, 5) is 42.5. The summed E-state index contributed by atoms with van der Waals surface area (Å²) in [6.07, 6.45) is -0.809. The van der Waals surface area contributed by atoms with Crippen molar-refractivity contribution in [2.75, 3.05) is 13.1 Å². The van der Waals surface area contributed by atoms with Crippen molar-refractivity contribution in [3.63, 3.8) is 0 Å². The SMILES string of the molecule is O.O=C([O-])N1CCCC1=O.O=C([O-])N1CCCC1=O.[Zn+2]. The van der Waals surface area contributed by atoms with E-state index in [1.165, 1.54) is 0 Å². The second-order valence-corrected chi connectivity index (χ2v) is 3.83. The number of imide groups is 2. The molecule has 108 valence electrons. The van der Waals surface area contributed by atoms with Crippen molar-refractivity contribution in [3.8, 4) is 0 Å². The van der Waals surface area contributed by atoms with Crippen LogP contribution in [0.2, 0.25) is 0 Å². The number of hydrogen-bond donors (Lipinski definition) is 0. The third-order valence-electron chi connectivity index (χ3n) is 2.59. The Morgan fingerprint density at radius 2 is 1.15 bits per heavy atom. The van der Waals surface area contributed by atoms with E-state index in [9.17, 15) is 29.4 Å². The van der Waals surface area contributed by atoms with E-state index < -0.39 is 12.2 Å². The van der Waals surface area contributed by atoms with Crippen LogP contribution in [0.5, 0.6) is 0 Å². The van der Waals surface area contributed by atoms with Crippen LogP contribution in [0.25, 0.3) is 0 Å². The van der Waals surface area contributed by atoms with Crippen LogP contribution in [0.4, 0.5) is 9.59 Å². The number of likely N-dealkylation sites (tertiary alicyclic amines) is 2. The van der Waals surface area contributed by atoms with Gasteiger partial charge in [-0.2, -0.15) is 0 Å². The maximum atomic E-state index is 10.5. The van der Waals surface area contributed by atoms with Crippen molar-refractivity contribution < 1.29 is 54.3 Å². The van der Waals surface area contributed by atoms with E-state index in [1.807, 2.05) is 0 Å². The first-order chi connectivity index (χ1) is 8.43. The zero-order valence-electron chi connectivity index (χ0n) is 10.8. The van der Waals surface area contributed by atoms with Crippen LogP contribution in [-0.2, 0) is 29.1 Å². The first kappa shape index (κ1) is 20.8. The third-order valence-corrected chi connectivity index (χ3v) is 2.59. The summed E-state index contributed by atoms with van der Waals surface area (Å²) in [6.45, 7) is 0.613. The van der Waals surface area contributed by atoms with E-state index in [4.69, 9.17) is 0 Å². The fourth-order valence-corrected chi connectivity index (χ4v) is 1.68. The fourth-order valence-electron chi connectivity index (χ4n) is 1.68. The van der Waals surface area contributed by atoms with Gasteiger partial charge in [-0.05, 0) is 12.8 Å². The van der Waals surface area contributed by atoms with E-state index in [1.54, 1.807) is 0 Å². The summed E-state index contributed by atoms with van der Waals surface area (Å²) >= 11 is 0. The number of rotatable bonds is 0. The van der Waals surface area contributed by atoms with Crippen LogP contribution in [0.15, 0.2) is 0 Å². The molecule has 2 heterocycles. The molecule has 0 radical (unpaired) electrons. The minimum atomic E-state index is -1.38. The first-order valence-corrected chi connectivity index (χ1v) is 5.46. The molecule has 2 N–H and O–H groups in total. The van der Waals surface area contributed by atoms with E-state index in [2.05, 4.69) is 0 Å². The standard InChI is InChI=1S/2C5H7NO3.H2O.Zn/c2*7-4-2-1-3-6(4)5(8)9;;/h2*1-3H2,(H,8,9);1H2;/q;;;+2/p-2. The number of carboxylic acid groups (broad SMARTS) is 2. The van der Waals surface area contributed by atoms with Crippen molar-refractivity contribution in [2.24, 2.45) is 0 Å². The number of nitrogens with zero attached hydrogens (tertiary/aromatic N) is 2. The molecule has 10 heteroatoms. The van der Waals surface area contributed by atoms with Crippen molar-refractivity contribution in [3.05, 3.63) is 0 Å². The summed E-state index contributed by atoms with van der Waals surface area (Å²) < 4.78 is 0. The van der Waals surface area contributed by atoms with E-state index in [0.717, 1.165) is 9.80 Å². The molecule has 0 aromatic carbocycles. The summed E-state index contributed by atoms with van der Waals surface area (Å²) in [5.41, 5.74) is 0. The van der Waals surface area contributed by atoms with Crippen LogP contribution in [-0.4, -0.2) is 52.4 Å². The second-order valence-electron chi connectivity index (χ2n) is 3.83. The summed E-state index contributed by atoms with van der Waals surface area (Å²) in [6, 6.07) is 0. The molecule has 2 aliphatic heterocycles. The van der Waals surface area contributed by atoms with Gasteiger partial charge in [0.1, 0.15) is 12.2 Å². The number of hydrogen-bond acceptors (Lipinski definition) is 6. The van der Waals surface area contributed by atoms with Crippen LogP contribution < -0.4 is 10.2 Å². The van der Waals surface area contributed by atoms with Gasteiger partial charge >= 0.3 is 19.5 Å². The molecule has 0 spiro atoms. The molecule has 2 aliphatic rings. The van der Waals surface area contributed by atoms with Gasteiger partial charge in [-0.15, -0.1) is 0 Å². The predicted octanol–water partition coefficient (Wildman–Crippen LogP) is -2.92. The van der Waals surface area contributed by atoms with Crippen LogP contribution >= 0.6 is 0 Å². The molecule has 0 aromatic heterocycles. The Bertz CT molecular complexity index is 352. The Labute approximate surface area is 127 Å². The number of carbonyl (C=O) groups excluding carboxylic acids is 4. The van der Waals surface area contributed by atoms with Gasteiger partial charge in [-0.1, -0.05) is 0 Å². The minimum Gasteiger partial charge on any atom is -0.530 e. The van der Waals surface area contributed by atoms with Gasteiger partial charge in [0.25, 0.3) is 0 Å². The van der Waals surface area contributed by atoms with Gasteiger partial charge in [0.2, 0.25) is 11.8 Å². The molecule has 0 unspecified atom stereocenters. The molecule has 9 nitrogen and oxygen atoms in total. The molecule has 0 saturated carbocycles. The molecule has 4 amide bonds. The Morgan fingerprint density at radius 3 is 1.25 bits per heavy atom. The Hall–Kier alpha value is -1.54. The molecule has 2 saturated heterocycles. The zero-order valence-corrected chi connectivity index (χ0v) is 13.8. The maximum Gasteiger partial charge on any atom is 2.00 e. The Morgan fingerprint density at radius 1 is 0.850 bits per heavy atom. The van der Waals surface area contributed by atoms with Crippen molar-refractivity contribution in [1.29, 1.82) is 0 Å². The summed E-state index contributed by atoms with van der Waals surface area (Å²) in [5, 5.41) is 20.0. The average Bonchev–Trinajstić information content (AvgIpc) is 2.87. The molecule has 0 aliphatic carbocycles. The molecular formula is C10H14N2O7Zn. The normalized spacial score (nSPS) is 16.8. The maximum absolute atomic E-state index is 10.5. The first-order valence-electron chi connectivity index (χ1n) is 5.46.